The molecule has 0 aromatic heterocycles. The van der Waals surface area contributed by atoms with Crippen molar-refractivity contribution in [3.63, 3.8) is 0 Å². The predicted octanol–water partition coefficient (Wildman–Crippen LogP) is 3.54. The molecule has 3 aromatic rings. The number of nitro benzene ring substituents is 2. The smallest absolute Gasteiger partial charge is 0.388 e. The van der Waals surface area contributed by atoms with Gasteiger partial charge in [-0.3, -0.25) is 34.5 Å². The number of nitro groups is 2. The first-order chi connectivity index (χ1) is 18.8. The van der Waals surface area contributed by atoms with E-state index in [0.717, 1.165) is 29.8 Å². The van der Waals surface area contributed by atoms with Gasteiger partial charge < -0.3 is 9.64 Å². The molecule has 1 saturated heterocycles. The number of amides is 1. The Balaban J connectivity index is 1.60. The van der Waals surface area contributed by atoms with Gasteiger partial charge in [0.15, 0.2) is 6.61 Å². The highest BCUT2D eigenvalue weighted by molar-refractivity contribution is 7.85. The zero-order chi connectivity index (χ0) is 29.4. The van der Waals surface area contributed by atoms with Crippen LogP contribution in [0.1, 0.15) is 19.4 Å². The van der Waals surface area contributed by atoms with E-state index in [1.807, 2.05) is 13.8 Å². The molecule has 212 valence electrons. The lowest BCUT2D eigenvalue weighted by atomic mass is 10.1. The quantitative estimate of drug-likeness (QED) is 0.237. The van der Waals surface area contributed by atoms with Crippen LogP contribution >= 0.6 is 0 Å². The van der Waals surface area contributed by atoms with Crippen molar-refractivity contribution in [1.82, 2.24) is 9.80 Å². The van der Waals surface area contributed by atoms with Gasteiger partial charge in [-0.1, -0.05) is 18.2 Å². The number of benzene rings is 3. The monoisotopic (exact) mass is 576 g/mol. The summed E-state index contributed by atoms with van der Waals surface area (Å²) in [6, 6.07) is 9.60. The maximum atomic E-state index is 13.3. The van der Waals surface area contributed by atoms with Gasteiger partial charge in [0, 0.05) is 43.2 Å². The topological polar surface area (TPSA) is 173 Å². The Kier molecular flexibility index (Phi) is 8.00. The van der Waals surface area contributed by atoms with Gasteiger partial charge in [-0.2, -0.15) is 8.42 Å². The predicted molar refractivity (Wildman–Crippen MR) is 140 cm³/mol. The van der Waals surface area contributed by atoms with Crippen molar-refractivity contribution >= 4 is 38.2 Å². The molecule has 13 nitrogen and oxygen atoms in total. The summed E-state index contributed by atoms with van der Waals surface area (Å²) in [6.45, 7) is 4.29. The lowest BCUT2D eigenvalue weighted by Gasteiger charge is -2.44. The lowest BCUT2D eigenvalue weighted by molar-refractivity contribution is -0.422. The number of carbonyl (C=O) groups excluding carboxylic acids is 1. The van der Waals surface area contributed by atoms with E-state index in [1.165, 1.54) is 17.0 Å². The highest BCUT2D eigenvalue weighted by atomic mass is 32.2. The van der Waals surface area contributed by atoms with Crippen LogP contribution in [-0.4, -0.2) is 70.3 Å². The first-order valence-corrected chi connectivity index (χ1v) is 13.5. The molecule has 15 heteroatoms. The minimum atomic E-state index is -4.72. The molecule has 0 spiro atoms. The van der Waals surface area contributed by atoms with Crippen molar-refractivity contribution in [2.24, 2.45) is 0 Å². The van der Waals surface area contributed by atoms with Crippen molar-refractivity contribution in [1.29, 1.82) is 0 Å². The minimum Gasteiger partial charge on any atom is -0.476 e. The summed E-state index contributed by atoms with van der Waals surface area (Å²) in [5, 5.41) is 23.3. The van der Waals surface area contributed by atoms with Crippen LogP contribution in [0, 0.1) is 26.0 Å². The number of nitrogens with zero attached hydrogens (tertiary/aromatic N) is 4. The van der Waals surface area contributed by atoms with Crippen molar-refractivity contribution in [2.75, 3.05) is 19.7 Å². The number of ether oxygens (including phenoxy) is 1. The summed E-state index contributed by atoms with van der Waals surface area (Å²) in [4.78, 5) is 37.7. The number of fused-ring (bicyclic) bond motifs is 1. The Labute approximate surface area is 227 Å². The normalized spacial score (nSPS) is 18.1. The van der Waals surface area contributed by atoms with Gasteiger partial charge in [0.1, 0.15) is 5.82 Å². The van der Waals surface area contributed by atoms with E-state index in [9.17, 15) is 42.4 Å². The molecule has 2 unspecified atom stereocenters. The maximum Gasteiger partial charge on any atom is 0.388 e. The van der Waals surface area contributed by atoms with E-state index in [4.69, 9.17) is 4.74 Å². The molecule has 0 radical (unpaired) electrons. The van der Waals surface area contributed by atoms with Crippen LogP contribution in [0.5, 0.6) is 5.75 Å². The van der Waals surface area contributed by atoms with E-state index in [-0.39, 0.29) is 35.2 Å². The molecular formula is C25H25FN4O9S. The highest BCUT2D eigenvalue weighted by Gasteiger charge is 2.35. The minimum absolute atomic E-state index is 0.0311. The standard InChI is InChI=1S/C25H25FN4O9S/c1-15-12-28(16(2)11-27(15)13-17-3-6-19(26)7-4-17)23(31)14-39-25-21-10-20(40(36,37)38)8-5-18(21)9-22(29(32)33)24(25)30(34)35/h3-10,15-16H,11-14H2,1-2H3,(H,36,37,38). The summed E-state index contributed by atoms with van der Waals surface area (Å²) in [7, 11) is -4.72. The van der Waals surface area contributed by atoms with E-state index >= 15 is 0 Å². The van der Waals surface area contributed by atoms with Gasteiger partial charge in [-0.25, -0.2) is 4.39 Å². The van der Waals surface area contributed by atoms with E-state index in [1.54, 1.807) is 12.1 Å². The number of rotatable bonds is 8. The van der Waals surface area contributed by atoms with E-state index in [2.05, 4.69) is 4.90 Å². The average Bonchev–Trinajstić information content (AvgIpc) is 2.88. The van der Waals surface area contributed by atoms with Crippen LogP contribution in [0.3, 0.4) is 0 Å². The maximum absolute atomic E-state index is 13.3. The fourth-order valence-corrected chi connectivity index (χ4v) is 5.25. The molecular weight excluding hydrogens is 551 g/mol. The Morgan fingerprint density at radius 1 is 1.05 bits per heavy atom. The van der Waals surface area contributed by atoms with Crippen LogP contribution in [-0.2, 0) is 21.5 Å². The van der Waals surface area contributed by atoms with Crippen molar-refractivity contribution in [2.45, 2.75) is 37.4 Å². The third kappa shape index (κ3) is 6.00. The van der Waals surface area contributed by atoms with Gasteiger partial charge >= 0.3 is 11.4 Å². The molecule has 0 saturated carbocycles. The van der Waals surface area contributed by atoms with E-state index < -0.39 is 54.5 Å². The third-order valence-corrected chi connectivity index (χ3v) is 7.62. The van der Waals surface area contributed by atoms with E-state index in [0.29, 0.717) is 13.1 Å². The molecule has 0 bridgehead atoms. The number of halogens is 1. The SMILES string of the molecule is CC1CN(C(=O)COc2c([N+](=O)[O-])c([N+](=O)[O-])cc3ccc(S(=O)(=O)O)cc23)C(C)CN1Cc1ccc(F)cc1. The van der Waals surface area contributed by atoms with Gasteiger partial charge in [0.2, 0.25) is 5.75 Å². The van der Waals surface area contributed by atoms with Crippen LogP contribution in [0.15, 0.2) is 53.4 Å². The van der Waals surface area contributed by atoms with Crippen LogP contribution in [0.2, 0.25) is 0 Å². The van der Waals surface area contributed by atoms with Crippen molar-refractivity contribution < 1.29 is 36.7 Å². The average molecular weight is 577 g/mol. The second-order valence-electron chi connectivity index (χ2n) is 9.53. The van der Waals surface area contributed by atoms with Crippen LogP contribution in [0.25, 0.3) is 10.8 Å². The molecule has 1 amide bonds. The molecule has 1 aliphatic rings. The summed E-state index contributed by atoms with van der Waals surface area (Å²) in [5.74, 6) is -1.55. The Morgan fingerprint density at radius 3 is 2.33 bits per heavy atom. The Hall–Kier alpha value is -4.21. The molecule has 0 aliphatic carbocycles. The molecule has 1 N–H and O–H groups in total. The zero-order valence-corrected chi connectivity index (χ0v) is 22.2. The van der Waals surface area contributed by atoms with Gasteiger partial charge in [0.25, 0.3) is 16.0 Å². The number of piperazine rings is 1. The summed E-state index contributed by atoms with van der Waals surface area (Å²) in [6.07, 6.45) is 0. The highest BCUT2D eigenvalue weighted by Crippen LogP contribution is 2.43. The van der Waals surface area contributed by atoms with Crippen molar-refractivity contribution in [3.8, 4) is 5.75 Å². The third-order valence-electron chi connectivity index (χ3n) is 6.77. The second-order valence-corrected chi connectivity index (χ2v) is 11.0. The second kappa shape index (κ2) is 11.1. The zero-order valence-electron chi connectivity index (χ0n) is 21.4. The van der Waals surface area contributed by atoms with Gasteiger partial charge in [-0.05, 0) is 49.1 Å². The largest absolute Gasteiger partial charge is 0.476 e. The first kappa shape index (κ1) is 28.8. The summed E-state index contributed by atoms with van der Waals surface area (Å²) < 4.78 is 51.6. The summed E-state index contributed by atoms with van der Waals surface area (Å²) >= 11 is 0. The number of carbonyl (C=O) groups is 1. The molecule has 3 aromatic carbocycles. The number of hydrogen-bond acceptors (Lipinski definition) is 9. The molecule has 1 aliphatic heterocycles. The van der Waals surface area contributed by atoms with Crippen LogP contribution < -0.4 is 4.74 Å². The molecule has 40 heavy (non-hydrogen) atoms. The Morgan fingerprint density at radius 2 is 1.73 bits per heavy atom. The molecule has 4 rings (SSSR count). The molecule has 1 fully saturated rings. The lowest BCUT2D eigenvalue weighted by Crippen LogP contribution is -2.58. The summed E-state index contributed by atoms with van der Waals surface area (Å²) in [5.41, 5.74) is -1.06. The fraction of sp³-hybridized carbons (Fsp3) is 0.320. The van der Waals surface area contributed by atoms with Gasteiger partial charge in [-0.15, -0.1) is 0 Å². The van der Waals surface area contributed by atoms with Crippen molar-refractivity contribution in [3.05, 3.63) is 80.1 Å². The number of hydrogen-bond donors (Lipinski definition) is 1. The Bertz CT molecular complexity index is 1600. The van der Waals surface area contributed by atoms with Crippen LogP contribution in [0.4, 0.5) is 15.8 Å². The molecule has 2 atom stereocenters. The fourth-order valence-electron chi connectivity index (χ4n) is 4.75. The first-order valence-electron chi connectivity index (χ1n) is 12.0. The molecule has 1 heterocycles. The van der Waals surface area contributed by atoms with Gasteiger partial charge in [0.05, 0.1) is 14.7 Å².